The van der Waals surface area contributed by atoms with E-state index in [-0.39, 0.29) is 11.5 Å². The molecule has 2 aromatic rings. The molecule has 0 radical (unpaired) electrons. The molecular formula is C36H56N2O4. The predicted molar refractivity (Wildman–Crippen MR) is 177 cm³/mol. The van der Waals surface area contributed by atoms with Crippen LogP contribution in [0.4, 0.5) is 0 Å². The molecule has 0 saturated heterocycles. The zero-order valence-corrected chi connectivity index (χ0v) is 26.4. The van der Waals surface area contributed by atoms with Crippen LogP contribution >= 0.6 is 0 Å². The molecule has 2 N–H and O–H groups in total. The first-order valence-electron chi connectivity index (χ1n) is 16.5. The van der Waals surface area contributed by atoms with E-state index in [0.717, 1.165) is 12.8 Å². The van der Waals surface area contributed by atoms with Crippen LogP contribution in [0.25, 0.3) is 0 Å². The van der Waals surface area contributed by atoms with Gasteiger partial charge in [-0.25, -0.2) is 0 Å². The summed E-state index contributed by atoms with van der Waals surface area (Å²) < 4.78 is 11.6. The summed E-state index contributed by atoms with van der Waals surface area (Å²) in [5, 5.41) is 20.7. The van der Waals surface area contributed by atoms with Crippen LogP contribution in [-0.2, 0) is 0 Å². The molecule has 2 aromatic carbocycles. The number of nitrogens with zero attached hydrogens (tertiary/aromatic N) is 2. The van der Waals surface area contributed by atoms with Crippen LogP contribution in [0, 0.1) is 0 Å². The molecule has 2 rings (SSSR count). The largest absolute Gasteiger partial charge is 0.507 e. The fourth-order valence-electron chi connectivity index (χ4n) is 4.74. The van der Waals surface area contributed by atoms with Crippen LogP contribution in [0.1, 0.15) is 128 Å². The molecule has 0 aliphatic rings. The number of benzene rings is 2. The van der Waals surface area contributed by atoms with E-state index >= 15 is 0 Å². The van der Waals surface area contributed by atoms with Crippen LogP contribution in [0.5, 0.6) is 23.0 Å². The number of aliphatic imine (C=N–C) groups is 2. The Bertz CT molecular complexity index is 940. The third-order valence-electron chi connectivity index (χ3n) is 7.36. The third-order valence-corrected chi connectivity index (χ3v) is 7.36. The number of hydrogen-bond donors (Lipinski definition) is 2. The molecule has 234 valence electrons. The quantitative estimate of drug-likeness (QED) is 0.0904. The normalized spacial score (nSPS) is 11.6. The van der Waals surface area contributed by atoms with Crippen LogP contribution < -0.4 is 9.47 Å². The van der Waals surface area contributed by atoms with Crippen molar-refractivity contribution in [2.45, 2.75) is 117 Å². The van der Waals surface area contributed by atoms with E-state index in [9.17, 15) is 10.2 Å². The maximum Gasteiger partial charge on any atom is 0.128 e. The number of phenolic OH excluding ortho intramolecular Hbond substituents is 2. The molecule has 0 amide bonds. The van der Waals surface area contributed by atoms with Gasteiger partial charge in [-0.15, -0.1) is 0 Å². The highest BCUT2D eigenvalue weighted by molar-refractivity contribution is 5.84. The topological polar surface area (TPSA) is 83.6 Å². The summed E-state index contributed by atoms with van der Waals surface area (Å²) in [4.78, 5) is 8.75. The summed E-state index contributed by atoms with van der Waals surface area (Å²) in [6.07, 6.45) is 23.5. The monoisotopic (exact) mass is 580 g/mol. The summed E-state index contributed by atoms with van der Waals surface area (Å²) in [5.41, 5.74) is 1.30. The summed E-state index contributed by atoms with van der Waals surface area (Å²) in [7, 11) is 0. The van der Waals surface area contributed by atoms with Gasteiger partial charge in [0.1, 0.15) is 23.0 Å². The van der Waals surface area contributed by atoms with Crippen LogP contribution in [0.15, 0.2) is 46.4 Å². The average Bonchev–Trinajstić information content (AvgIpc) is 2.99. The van der Waals surface area contributed by atoms with Gasteiger partial charge in [-0.2, -0.15) is 0 Å². The Morgan fingerprint density at radius 2 is 0.881 bits per heavy atom. The molecule has 6 heteroatoms. The van der Waals surface area contributed by atoms with Gasteiger partial charge < -0.3 is 19.7 Å². The molecule has 0 bridgehead atoms. The maximum absolute atomic E-state index is 10.3. The summed E-state index contributed by atoms with van der Waals surface area (Å²) in [5.74, 6) is 1.68. The van der Waals surface area contributed by atoms with E-state index in [1.165, 1.54) is 89.9 Å². The Morgan fingerprint density at radius 3 is 1.24 bits per heavy atom. The average molecular weight is 581 g/mol. The lowest BCUT2D eigenvalue weighted by Crippen LogP contribution is -1.98. The van der Waals surface area contributed by atoms with Gasteiger partial charge >= 0.3 is 0 Å². The van der Waals surface area contributed by atoms with Crippen molar-refractivity contribution in [2.24, 2.45) is 9.98 Å². The van der Waals surface area contributed by atoms with Gasteiger partial charge in [0.15, 0.2) is 0 Å². The van der Waals surface area contributed by atoms with Crippen molar-refractivity contribution in [3.8, 4) is 23.0 Å². The SMILES string of the molecule is CCCCCCCCCCOc1ccc(C=NCCN=Cc2ccc(OCCCCCCCCCC)cc2O)c(O)c1. The number of unbranched alkanes of at least 4 members (excludes halogenated alkanes) is 14. The smallest absolute Gasteiger partial charge is 0.128 e. The molecule has 0 heterocycles. The minimum absolute atomic E-state index is 0.158. The highest BCUT2D eigenvalue weighted by atomic mass is 16.5. The van der Waals surface area contributed by atoms with E-state index in [4.69, 9.17) is 9.47 Å². The lowest BCUT2D eigenvalue weighted by molar-refractivity contribution is 0.302. The summed E-state index contributed by atoms with van der Waals surface area (Å²) >= 11 is 0. The third kappa shape index (κ3) is 16.4. The molecule has 0 aliphatic carbocycles. The molecule has 0 aliphatic heterocycles. The highest BCUT2D eigenvalue weighted by Crippen LogP contribution is 2.24. The predicted octanol–water partition coefficient (Wildman–Crippen LogP) is 9.67. The Balaban J connectivity index is 1.60. The molecule has 0 aromatic heterocycles. The Labute approximate surface area is 255 Å². The fourth-order valence-corrected chi connectivity index (χ4v) is 4.74. The maximum atomic E-state index is 10.3. The van der Waals surface area contributed by atoms with Gasteiger partial charge in [-0.1, -0.05) is 104 Å². The standard InChI is InChI=1S/C36H56N2O4/c1-3-5-7-9-11-13-15-17-25-41-33-21-19-31(35(39)27-33)29-37-23-24-38-30-32-20-22-34(28-36(32)40)42-26-18-16-14-12-10-8-6-4-2/h19-22,27-30,39-40H,3-18,23-26H2,1-2H3. The molecule has 0 spiro atoms. The Hall–Kier alpha value is -3.02. The number of hydrogen-bond acceptors (Lipinski definition) is 6. The molecule has 0 atom stereocenters. The van der Waals surface area contributed by atoms with E-state index in [1.54, 1.807) is 24.6 Å². The number of ether oxygens (including phenoxy) is 2. The lowest BCUT2D eigenvalue weighted by Gasteiger charge is -2.08. The van der Waals surface area contributed by atoms with Crippen molar-refractivity contribution in [1.29, 1.82) is 0 Å². The van der Waals surface area contributed by atoms with Crippen LogP contribution in [0.2, 0.25) is 0 Å². The first-order chi connectivity index (χ1) is 20.6. The van der Waals surface area contributed by atoms with E-state index < -0.39 is 0 Å². The molecule has 0 saturated carbocycles. The molecular weight excluding hydrogens is 524 g/mol. The zero-order chi connectivity index (χ0) is 30.1. The number of aromatic hydroxyl groups is 2. The van der Waals surface area contributed by atoms with Gasteiger partial charge in [0, 0.05) is 35.7 Å². The first-order valence-corrected chi connectivity index (χ1v) is 16.5. The van der Waals surface area contributed by atoms with Crippen molar-refractivity contribution in [2.75, 3.05) is 26.3 Å². The van der Waals surface area contributed by atoms with Gasteiger partial charge in [0.2, 0.25) is 0 Å². The highest BCUT2D eigenvalue weighted by Gasteiger charge is 2.03. The minimum atomic E-state index is 0.158. The molecule has 42 heavy (non-hydrogen) atoms. The zero-order valence-electron chi connectivity index (χ0n) is 26.4. The second-order valence-corrected chi connectivity index (χ2v) is 11.2. The lowest BCUT2D eigenvalue weighted by atomic mass is 10.1. The van der Waals surface area contributed by atoms with Crippen molar-refractivity contribution in [1.82, 2.24) is 0 Å². The Kier molecular flexibility index (Phi) is 19.7. The minimum Gasteiger partial charge on any atom is -0.507 e. The van der Waals surface area contributed by atoms with Crippen LogP contribution in [-0.4, -0.2) is 48.9 Å². The van der Waals surface area contributed by atoms with E-state index in [2.05, 4.69) is 23.8 Å². The van der Waals surface area contributed by atoms with Gasteiger partial charge in [-0.05, 0) is 37.1 Å². The molecule has 0 unspecified atom stereocenters. The van der Waals surface area contributed by atoms with Crippen molar-refractivity contribution in [3.05, 3.63) is 47.5 Å². The van der Waals surface area contributed by atoms with Gasteiger partial charge in [0.05, 0.1) is 26.3 Å². The van der Waals surface area contributed by atoms with Crippen molar-refractivity contribution in [3.63, 3.8) is 0 Å². The Morgan fingerprint density at radius 1 is 0.524 bits per heavy atom. The number of phenols is 2. The molecule has 0 fully saturated rings. The molecule has 6 nitrogen and oxygen atoms in total. The number of rotatable bonds is 25. The second kappa shape index (κ2) is 23.5. The van der Waals surface area contributed by atoms with Gasteiger partial charge in [0.25, 0.3) is 0 Å². The van der Waals surface area contributed by atoms with E-state index in [1.807, 2.05) is 24.3 Å². The van der Waals surface area contributed by atoms with Gasteiger partial charge in [-0.3, -0.25) is 9.98 Å². The second-order valence-electron chi connectivity index (χ2n) is 11.2. The summed E-state index contributed by atoms with van der Waals surface area (Å²) in [6, 6.07) is 10.7. The first kappa shape index (κ1) is 35.2. The van der Waals surface area contributed by atoms with Crippen molar-refractivity contribution >= 4 is 12.4 Å². The van der Waals surface area contributed by atoms with Crippen LogP contribution in [0.3, 0.4) is 0 Å². The van der Waals surface area contributed by atoms with E-state index in [0.29, 0.717) is 48.9 Å². The fraction of sp³-hybridized carbons (Fsp3) is 0.611. The van der Waals surface area contributed by atoms with Crippen molar-refractivity contribution < 1.29 is 19.7 Å². The summed E-state index contributed by atoms with van der Waals surface area (Å²) in [6.45, 7) is 6.79.